The van der Waals surface area contributed by atoms with Crippen molar-refractivity contribution in [1.82, 2.24) is 15.1 Å². The fraction of sp³-hybridized carbons (Fsp3) is 0.389. The van der Waals surface area contributed by atoms with E-state index in [-0.39, 0.29) is 18.2 Å². The van der Waals surface area contributed by atoms with Crippen LogP contribution in [0.1, 0.15) is 43.4 Å². The van der Waals surface area contributed by atoms with E-state index in [4.69, 9.17) is 16.6 Å². The molecule has 148 valence electrons. The summed E-state index contributed by atoms with van der Waals surface area (Å²) in [5.41, 5.74) is 0. The first-order chi connectivity index (χ1) is 13.6. The number of unbranched alkanes of at least 4 members (excludes halogenated alkanes) is 1. The van der Waals surface area contributed by atoms with Crippen LogP contribution in [0.3, 0.4) is 0 Å². The number of anilines is 1. The van der Waals surface area contributed by atoms with Gasteiger partial charge in [-0.25, -0.2) is 0 Å². The summed E-state index contributed by atoms with van der Waals surface area (Å²) < 4.78 is 5.73. The Bertz CT molecular complexity index is 877. The number of aryl methyl sites for hydroxylation is 1. The third-order valence-corrected chi connectivity index (χ3v) is 6.21. The fourth-order valence-corrected chi connectivity index (χ4v) is 4.59. The lowest BCUT2D eigenvalue weighted by molar-refractivity contribution is -0.122. The largest absolute Gasteiger partial charge is 0.465 e. The average molecular weight is 437 g/mol. The van der Waals surface area contributed by atoms with Crippen LogP contribution in [0.2, 0.25) is 0 Å². The molecule has 0 unspecified atom stereocenters. The molecule has 1 N–H and O–H groups in total. The molecule has 2 amide bonds. The molecule has 10 heteroatoms. The highest BCUT2D eigenvalue weighted by Gasteiger charge is 2.31. The number of carbonyl (C=O) groups excluding carboxylic acids is 2. The summed E-state index contributed by atoms with van der Waals surface area (Å²) in [6.45, 7) is 2.51. The lowest BCUT2D eigenvalue weighted by Crippen LogP contribution is -2.29. The van der Waals surface area contributed by atoms with Crippen molar-refractivity contribution in [3.63, 3.8) is 0 Å². The van der Waals surface area contributed by atoms with E-state index in [1.54, 1.807) is 24.5 Å². The van der Waals surface area contributed by atoms with Gasteiger partial charge in [0.25, 0.3) is 5.91 Å². The summed E-state index contributed by atoms with van der Waals surface area (Å²) in [5.74, 6) is 0.307. The quantitative estimate of drug-likeness (QED) is 0.468. The summed E-state index contributed by atoms with van der Waals surface area (Å²) in [6, 6.07) is 3.54. The molecule has 0 bridgehead atoms. The summed E-state index contributed by atoms with van der Waals surface area (Å²) in [4.78, 5) is 26.6. The first-order valence-corrected chi connectivity index (χ1v) is 11.0. The maximum atomic E-state index is 12.5. The molecule has 2 aromatic heterocycles. The predicted molar refractivity (Wildman–Crippen MR) is 115 cm³/mol. The Labute approximate surface area is 176 Å². The van der Waals surface area contributed by atoms with Crippen molar-refractivity contribution in [3.8, 4) is 0 Å². The number of hydrogen-bond donors (Lipinski definition) is 1. The Morgan fingerprint density at radius 1 is 1.39 bits per heavy atom. The summed E-state index contributed by atoms with van der Waals surface area (Å²) in [6.07, 6.45) is 7.04. The van der Waals surface area contributed by atoms with Gasteiger partial charge in [0.2, 0.25) is 11.0 Å². The van der Waals surface area contributed by atoms with Gasteiger partial charge >= 0.3 is 0 Å². The molecule has 2 aromatic rings. The van der Waals surface area contributed by atoms with Gasteiger partial charge in [0, 0.05) is 25.5 Å². The van der Waals surface area contributed by atoms with Crippen LogP contribution < -0.4 is 5.32 Å². The third-order valence-electron chi connectivity index (χ3n) is 3.93. The summed E-state index contributed by atoms with van der Waals surface area (Å²) >= 11 is 7.94. The normalized spacial score (nSPS) is 15.6. The van der Waals surface area contributed by atoms with Crippen LogP contribution in [0.15, 0.2) is 27.7 Å². The zero-order chi connectivity index (χ0) is 19.9. The number of amides is 2. The minimum Gasteiger partial charge on any atom is -0.465 e. The summed E-state index contributed by atoms with van der Waals surface area (Å²) in [5, 5.41) is 12.3. The van der Waals surface area contributed by atoms with Crippen molar-refractivity contribution in [2.24, 2.45) is 0 Å². The Kier molecular flexibility index (Phi) is 7.35. The van der Waals surface area contributed by atoms with E-state index in [0.717, 1.165) is 24.3 Å². The second-order valence-electron chi connectivity index (χ2n) is 6.11. The number of thiocarbonyl (C=S) groups is 1. The number of aromatic nitrogens is 2. The fourth-order valence-electron chi connectivity index (χ4n) is 2.51. The Morgan fingerprint density at radius 2 is 2.25 bits per heavy atom. The molecule has 0 aliphatic carbocycles. The van der Waals surface area contributed by atoms with Crippen molar-refractivity contribution in [1.29, 1.82) is 0 Å². The number of nitrogens with one attached hydrogen (secondary N) is 1. The van der Waals surface area contributed by atoms with Crippen LogP contribution in [-0.2, 0) is 16.0 Å². The minimum atomic E-state index is -0.156. The van der Waals surface area contributed by atoms with Gasteiger partial charge in [-0.05, 0) is 25.0 Å². The van der Waals surface area contributed by atoms with Crippen molar-refractivity contribution >= 4 is 62.7 Å². The van der Waals surface area contributed by atoms with Crippen LogP contribution in [-0.4, -0.2) is 37.8 Å². The van der Waals surface area contributed by atoms with Crippen LogP contribution in [0.5, 0.6) is 0 Å². The number of thioether (sulfide) groups is 1. The molecule has 0 radical (unpaired) electrons. The van der Waals surface area contributed by atoms with Crippen LogP contribution >= 0.6 is 35.3 Å². The Hall–Kier alpha value is -2.04. The van der Waals surface area contributed by atoms with Crippen LogP contribution in [0, 0.1) is 0 Å². The Balaban J connectivity index is 1.45. The topological polar surface area (TPSA) is 88.3 Å². The Morgan fingerprint density at radius 3 is 3.00 bits per heavy atom. The van der Waals surface area contributed by atoms with E-state index in [2.05, 4.69) is 22.4 Å². The highest BCUT2D eigenvalue weighted by atomic mass is 32.2. The van der Waals surface area contributed by atoms with Gasteiger partial charge in [0.1, 0.15) is 15.1 Å². The first kappa shape index (κ1) is 20.7. The molecule has 0 aromatic carbocycles. The molecule has 1 saturated heterocycles. The van der Waals surface area contributed by atoms with E-state index >= 15 is 0 Å². The van der Waals surface area contributed by atoms with Crippen molar-refractivity contribution in [2.75, 3.05) is 11.9 Å². The van der Waals surface area contributed by atoms with Crippen LogP contribution in [0.25, 0.3) is 6.08 Å². The minimum absolute atomic E-state index is 0.144. The van der Waals surface area contributed by atoms with E-state index in [9.17, 15) is 9.59 Å². The highest BCUT2D eigenvalue weighted by molar-refractivity contribution is 8.26. The maximum absolute atomic E-state index is 12.5. The molecule has 0 atom stereocenters. The second-order valence-corrected chi connectivity index (χ2v) is 8.84. The first-order valence-electron chi connectivity index (χ1n) is 8.98. The number of rotatable bonds is 9. The lowest BCUT2D eigenvalue weighted by atomic mass is 10.2. The lowest BCUT2D eigenvalue weighted by Gasteiger charge is -2.13. The molecule has 1 fully saturated rings. The number of hydrogen-bond acceptors (Lipinski definition) is 8. The molecule has 7 nitrogen and oxygen atoms in total. The van der Waals surface area contributed by atoms with Crippen LogP contribution in [0.4, 0.5) is 5.13 Å². The molecular weight excluding hydrogens is 416 g/mol. The van der Waals surface area contributed by atoms with Crippen molar-refractivity contribution in [2.45, 2.75) is 39.0 Å². The maximum Gasteiger partial charge on any atom is 0.266 e. The monoisotopic (exact) mass is 436 g/mol. The standard InChI is InChI=1S/C18H20N4O3S3/c1-2-3-8-15-20-21-17(28-15)19-14(23)7-4-9-22-16(24)13(27-18(22)26)11-12-6-5-10-25-12/h5-6,10-11H,2-4,7-9H2,1H3,(H,19,21,23)/b13-11+. The molecule has 0 saturated carbocycles. The number of nitrogens with zero attached hydrogens (tertiary/aromatic N) is 3. The van der Waals surface area contributed by atoms with Gasteiger partial charge < -0.3 is 9.73 Å². The van der Waals surface area contributed by atoms with Gasteiger partial charge in [-0.2, -0.15) is 0 Å². The summed E-state index contributed by atoms with van der Waals surface area (Å²) in [7, 11) is 0. The zero-order valence-electron chi connectivity index (χ0n) is 15.3. The van der Waals surface area contributed by atoms with E-state index in [0.29, 0.717) is 33.1 Å². The highest BCUT2D eigenvalue weighted by Crippen LogP contribution is 2.32. The molecule has 3 rings (SSSR count). The van der Waals surface area contributed by atoms with Gasteiger partial charge in [-0.3, -0.25) is 14.5 Å². The smallest absolute Gasteiger partial charge is 0.266 e. The average Bonchev–Trinajstić information content (AvgIpc) is 3.39. The van der Waals surface area contributed by atoms with E-state index < -0.39 is 0 Å². The van der Waals surface area contributed by atoms with E-state index in [1.807, 2.05) is 0 Å². The van der Waals surface area contributed by atoms with Gasteiger partial charge in [0.15, 0.2) is 0 Å². The molecule has 3 heterocycles. The predicted octanol–water partition coefficient (Wildman–Crippen LogP) is 4.09. The molecule has 28 heavy (non-hydrogen) atoms. The van der Waals surface area contributed by atoms with Gasteiger partial charge in [-0.15, -0.1) is 10.2 Å². The molecule has 0 spiro atoms. The second kappa shape index (κ2) is 9.94. The molecule has 1 aliphatic rings. The third kappa shape index (κ3) is 5.49. The van der Waals surface area contributed by atoms with Crippen molar-refractivity contribution in [3.05, 3.63) is 34.1 Å². The van der Waals surface area contributed by atoms with E-state index in [1.165, 1.54) is 28.0 Å². The van der Waals surface area contributed by atoms with Gasteiger partial charge in [-0.1, -0.05) is 48.7 Å². The SMILES string of the molecule is CCCCc1nnc(NC(=O)CCCN2C(=O)/C(=C\c3ccco3)SC2=S)s1. The molecular formula is C18H20N4O3S3. The molecule has 1 aliphatic heterocycles. The zero-order valence-corrected chi connectivity index (χ0v) is 17.8. The van der Waals surface area contributed by atoms with Gasteiger partial charge in [0.05, 0.1) is 11.2 Å². The number of carbonyl (C=O) groups is 2. The van der Waals surface area contributed by atoms with Crippen molar-refractivity contribution < 1.29 is 14.0 Å². The number of furan rings is 1.